The Bertz CT molecular complexity index is 1290. The van der Waals surface area contributed by atoms with Crippen LogP contribution < -0.4 is 5.32 Å². The number of hydrogen-bond acceptors (Lipinski definition) is 3. The fraction of sp³-hybridized carbons (Fsp3) is 0.167. The molecule has 0 fully saturated rings. The zero-order chi connectivity index (χ0) is 19.8. The molecule has 0 spiro atoms. The molecule has 1 aliphatic heterocycles. The lowest BCUT2D eigenvalue weighted by Crippen LogP contribution is -2.24. The number of aromatic nitrogens is 1. The first-order chi connectivity index (χ1) is 14.1. The van der Waals surface area contributed by atoms with E-state index in [0.29, 0.717) is 23.4 Å². The van der Waals surface area contributed by atoms with E-state index in [1.54, 1.807) is 12.3 Å². The average Bonchev–Trinajstić information content (AvgIpc) is 3.13. The molecule has 0 bridgehead atoms. The van der Waals surface area contributed by atoms with Crippen LogP contribution in [-0.4, -0.2) is 18.9 Å². The number of nitrogens with zero attached hydrogens (tertiary/aromatic N) is 1. The summed E-state index contributed by atoms with van der Waals surface area (Å²) in [4.78, 5) is 0.340. The van der Waals surface area contributed by atoms with Crippen molar-refractivity contribution in [2.24, 2.45) is 0 Å². The van der Waals surface area contributed by atoms with Crippen molar-refractivity contribution in [3.8, 4) is 0 Å². The van der Waals surface area contributed by atoms with Gasteiger partial charge < -0.3 is 5.32 Å². The van der Waals surface area contributed by atoms with E-state index in [2.05, 4.69) is 17.4 Å². The molecule has 0 radical (unpaired) electrons. The van der Waals surface area contributed by atoms with E-state index in [1.165, 1.54) is 9.54 Å². The summed E-state index contributed by atoms with van der Waals surface area (Å²) in [7, 11) is -3.68. The number of fused-ring (bicyclic) bond motifs is 2. The van der Waals surface area contributed by atoms with Gasteiger partial charge in [-0.05, 0) is 59.8 Å². The monoisotopic (exact) mass is 402 g/mol. The highest BCUT2D eigenvalue weighted by atomic mass is 32.2. The molecule has 2 heterocycles. The molecule has 146 valence electrons. The van der Waals surface area contributed by atoms with Crippen molar-refractivity contribution in [1.29, 1.82) is 0 Å². The number of hydrogen-bond donors (Lipinski definition) is 1. The lowest BCUT2D eigenvalue weighted by molar-refractivity contribution is 0.587. The van der Waals surface area contributed by atoms with Crippen LogP contribution in [0, 0.1) is 0 Å². The maximum Gasteiger partial charge on any atom is 0.268 e. The molecule has 5 rings (SSSR count). The van der Waals surface area contributed by atoms with Gasteiger partial charge in [0.15, 0.2) is 0 Å². The average molecular weight is 403 g/mol. The van der Waals surface area contributed by atoms with Crippen LogP contribution in [0.2, 0.25) is 0 Å². The van der Waals surface area contributed by atoms with Crippen LogP contribution in [0.3, 0.4) is 0 Å². The summed E-state index contributed by atoms with van der Waals surface area (Å²) >= 11 is 0. The fourth-order valence-corrected chi connectivity index (χ4v) is 5.55. The van der Waals surface area contributed by atoms with E-state index in [9.17, 15) is 8.42 Å². The van der Waals surface area contributed by atoms with E-state index in [-0.39, 0.29) is 0 Å². The quantitative estimate of drug-likeness (QED) is 0.559. The zero-order valence-corrected chi connectivity index (χ0v) is 16.8. The number of para-hydroxylation sites is 1. The Labute approximate surface area is 170 Å². The Morgan fingerprint density at radius 1 is 0.897 bits per heavy atom. The van der Waals surface area contributed by atoms with Crippen LogP contribution in [0.25, 0.3) is 10.9 Å². The number of rotatable bonds is 4. The molecule has 0 saturated carbocycles. The largest absolute Gasteiger partial charge is 0.312 e. The molecule has 0 aliphatic carbocycles. The molecule has 1 N–H and O–H groups in total. The van der Waals surface area contributed by atoms with Gasteiger partial charge in [0.05, 0.1) is 10.4 Å². The SMILES string of the molecule is O=S(=O)(c1ccc2c(c1)CNCC2)n1cc(Cc2ccccc2)c2ccccc21. The van der Waals surface area contributed by atoms with E-state index < -0.39 is 10.0 Å². The number of nitrogens with one attached hydrogen (secondary N) is 1. The Hall–Kier alpha value is -2.89. The maximum atomic E-state index is 13.5. The van der Waals surface area contributed by atoms with Gasteiger partial charge in [0.25, 0.3) is 10.0 Å². The van der Waals surface area contributed by atoms with Crippen molar-refractivity contribution < 1.29 is 8.42 Å². The minimum atomic E-state index is -3.68. The second-order valence-corrected chi connectivity index (χ2v) is 9.31. The van der Waals surface area contributed by atoms with Crippen LogP contribution >= 0.6 is 0 Å². The Kier molecular flexibility index (Phi) is 4.49. The van der Waals surface area contributed by atoms with Gasteiger partial charge in [0.1, 0.15) is 0 Å². The molecule has 0 atom stereocenters. The van der Waals surface area contributed by atoms with Crippen molar-refractivity contribution in [3.63, 3.8) is 0 Å². The Morgan fingerprint density at radius 3 is 2.55 bits per heavy atom. The first-order valence-corrected chi connectivity index (χ1v) is 11.3. The Balaban J connectivity index is 1.63. The van der Waals surface area contributed by atoms with Crippen molar-refractivity contribution in [3.05, 3.63) is 101 Å². The minimum Gasteiger partial charge on any atom is -0.312 e. The van der Waals surface area contributed by atoms with Gasteiger partial charge in [-0.3, -0.25) is 0 Å². The predicted octanol–water partition coefficient (Wildman–Crippen LogP) is 4.11. The van der Waals surface area contributed by atoms with Gasteiger partial charge >= 0.3 is 0 Å². The molecule has 4 aromatic rings. The smallest absolute Gasteiger partial charge is 0.268 e. The molecule has 3 aromatic carbocycles. The third-order valence-electron chi connectivity index (χ3n) is 5.62. The first kappa shape index (κ1) is 18.2. The van der Waals surface area contributed by atoms with E-state index in [1.807, 2.05) is 54.6 Å². The highest BCUT2D eigenvalue weighted by molar-refractivity contribution is 7.90. The third kappa shape index (κ3) is 3.26. The molecule has 1 aliphatic rings. The molecule has 5 heteroatoms. The lowest BCUT2D eigenvalue weighted by Gasteiger charge is -2.18. The maximum absolute atomic E-state index is 13.5. The first-order valence-electron chi connectivity index (χ1n) is 9.84. The summed E-state index contributed by atoms with van der Waals surface area (Å²) < 4.78 is 28.5. The molecule has 29 heavy (non-hydrogen) atoms. The number of benzene rings is 3. The summed E-state index contributed by atoms with van der Waals surface area (Å²) in [6.45, 7) is 1.65. The van der Waals surface area contributed by atoms with Crippen LogP contribution in [0.15, 0.2) is 83.9 Å². The van der Waals surface area contributed by atoms with Crippen LogP contribution in [-0.2, 0) is 29.4 Å². The van der Waals surface area contributed by atoms with Crippen molar-refractivity contribution >= 4 is 20.9 Å². The summed E-state index contributed by atoms with van der Waals surface area (Å²) in [5, 5.41) is 4.29. The van der Waals surface area contributed by atoms with Crippen molar-refractivity contribution in [2.75, 3.05) is 6.54 Å². The molecule has 4 nitrogen and oxygen atoms in total. The molecule has 0 saturated heterocycles. The highest BCUT2D eigenvalue weighted by Crippen LogP contribution is 2.29. The molecular weight excluding hydrogens is 380 g/mol. The second-order valence-electron chi connectivity index (χ2n) is 7.49. The summed E-state index contributed by atoms with van der Waals surface area (Å²) in [6, 6.07) is 23.4. The third-order valence-corrected chi connectivity index (χ3v) is 7.29. The van der Waals surface area contributed by atoms with Crippen molar-refractivity contribution in [1.82, 2.24) is 9.29 Å². The standard InChI is InChI=1S/C24H22N2O2S/c27-29(28,22-11-10-19-12-13-25-16-20(19)15-22)26-17-21(14-18-6-2-1-3-7-18)23-8-4-5-9-24(23)26/h1-11,15,17,25H,12-14,16H2. The Morgan fingerprint density at radius 2 is 1.69 bits per heavy atom. The minimum absolute atomic E-state index is 0.340. The second kappa shape index (κ2) is 7.17. The van der Waals surface area contributed by atoms with Gasteiger partial charge in [0.2, 0.25) is 0 Å². The van der Waals surface area contributed by atoms with Crippen LogP contribution in [0.4, 0.5) is 0 Å². The van der Waals surface area contributed by atoms with Gasteiger partial charge in [0, 0.05) is 18.1 Å². The fourth-order valence-electron chi connectivity index (χ4n) is 4.10. The summed E-state index contributed by atoms with van der Waals surface area (Å²) in [5.41, 5.74) is 5.18. The molecular formula is C24H22N2O2S. The van der Waals surface area contributed by atoms with Gasteiger partial charge in [-0.15, -0.1) is 0 Å². The summed E-state index contributed by atoms with van der Waals surface area (Å²) in [6.07, 6.45) is 3.41. The van der Waals surface area contributed by atoms with Gasteiger partial charge in [-0.25, -0.2) is 12.4 Å². The highest BCUT2D eigenvalue weighted by Gasteiger charge is 2.23. The van der Waals surface area contributed by atoms with E-state index >= 15 is 0 Å². The topological polar surface area (TPSA) is 51.1 Å². The van der Waals surface area contributed by atoms with E-state index in [0.717, 1.165) is 35.0 Å². The lowest BCUT2D eigenvalue weighted by atomic mass is 10.0. The van der Waals surface area contributed by atoms with Crippen LogP contribution in [0.5, 0.6) is 0 Å². The van der Waals surface area contributed by atoms with E-state index in [4.69, 9.17) is 0 Å². The molecule has 0 unspecified atom stereocenters. The van der Waals surface area contributed by atoms with Gasteiger partial charge in [-0.2, -0.15) is 0 Å². The predicted molar refractivity (Wildman–Crippen MR) is 116 cm³/mol. The molecule has 0 amide bonds. The summed E-state index contributed by atoms with van der Waals surface area (Å²) in [5.74, 6) is 0. The molecule has 1 aromatic heterocycles. The van der Waals surface area contributed by atoms with Crippen LogP contribution in [0.1, 0.15) is 22.3 Å². The zero-order valence-electron chi connectivity index (χ0n) is 16.0. The van der Waals surface area contributed by atoms with Crippen molar-refractivity contribution in [2.45, 2.75) is 24.3 Å². The van der Waals surface area contributed by atoms with Gasteiger partial charge in [-0.1, -0.05) is 54.6 Å². The normalized spacial score (nSPS) is 14.1.